The van der Waals surface area contributed by atoms with Crippen molar-refractivity contribution < 1.29 is 14.3 Å². The minimum atomic E-state index is -1.08. The zero-order valence-corrected chi connectivity index (χ0v) is 13.5. The molecule has 2 amide bonds. The highest BCUT2D eigenvalue weighted by molar-refractivity contribution is 5.85. The maximum absolute atomic E-state index is 12.3. The van der Waals surface area contributed by atoms with E-state index in [0.29, 0.717) is 32.5 Å². The zero-order valence-electron chi connectivity index (χ0n) is 13.5. The summed E-state index contributed by atoms with van der Waals surface area (Å²) in [4.78, 5) is 25.4. The first kappa shape index (κ1) is 16.5. The molecule has 0 aromatic carbocycles. The number of rotatable bonds is 5. The molecule has 1 aliphatic rings. The summed E-state index contributed by atoms with van der Waals surface area (Å²) >= 11 is 0. The van der Waals surface area contributed by atoms with E-state index >= 15 is 0 Å². The predicted octanol–water partition coefficient (Wildman–Crippen LogP) is 0.383. The highest BCUT2D eigenvalue weighted by atomic mass is 16.5. The lowest BCUT2D eigenvalue weighted by Gasteiger charge is -2.38. The lowest BCUT2D eigenvalue weighted by Crippen LogP contribution is -2.58. The Balaban J connectivity index is 1.84. The average molecular weight is 308 g/mol. The molecule has 0 spiro atoms. The second-order valence-corrected chi connectivity index (χ2v) is 6.01. The van der Waals surface area contributed by atoms with Crippen LogP contribution in [0.5, 0.6) is 0 Å². The number of hydrogen-bond acceptors (Lipinski definition) is 4. The zero-order chi connectivity index (χ0) is 16.3. The number of carbonyl (C=O) groups excluding carboxylic acids is 2. The van der Waals surface area contributed by atoms with Gasteiger partial charge in [0.05, 0.1) is 18.8 Å². The van der Waals surface area contributed by atoms with E-state index in [-0.39, 0.29) is 12.5 Å². The SMILES string of the molecule is Cc1cc(C)n(CCCC(=O)N2CCO[C@](C)(C(N)=O)C2)n1. The third-order valence-electron chi connectivity index (χ3n) is 4.01. The van der Waals surface area contributed by atoms with Crippen LogP contribution in [0.4, 0.5) is 0 Å². The maximum atomic E-state index is 12.3. The minimum absolute atomic E-state index is 0.0253. The van der Waals surface area contributed by atoms with Crippen molar-refractivity contribution in [3.63, 3.8) is 0 Å². The molecule has 0 saturated carbocycles. The number of aromatic nitrogens is 2. The molecule has 122 valence electrons. The maximum Gasteiger partial charge on any atom is 0.251 e. The van der Waals surface area contributed by atoms with Crippen LogP contribution in [0.3, 0.4) is 0 Å². The van der Waals surface area contributed by atoms with Crippen molar-refractivity contribution in [2.24, 2.45) is 5.73 Å². The Labute approximate surface area is 130 Å². The van der Waals surface area contributed by atoms with Crippen LogP contribution in [-0.4, -0.2) is 51.8 Å². The van der Waals surface area contributed by atoms with Crippen LogP contribution in [0.1, 0.15) is 31.2 Å². The van der Waals surface area contributed by atoms with Gasteiger partial charge in [-0.05, 0) is 33.3 Å². The average Bonchev–Trinajstić information content (AvgIpc) is 2.77. The number of ether oxygens (including phenoxy) is 1. The number of nitrogens with zero attached hydrogens (tertiary/aromatic N) is 3. The van der Waals surface area contributed by atoms with E-state index in [1.165, 1.54) is 0 Å². The third-order valence-corrected chi connectivity index (χ3v) is 4.01. The molecule has 0 aliphatic carbocycles. The summed E-state index contributed by atoms with van der Waals surface area (Å²) in [7, 11) is 0. The molecule has 2 heterocycles. The van der Waals surface area contributed by atoms with E-state index in [1.807, 2.05) is 24.6 Å². The van der Waals surface area contributed by atoms with Crippen molar-refractivity contribution >= 4 is 11.8 Å². The second kappa shape index (κ2) is 6.48. The van der Waals surface area contributed by atoms with E-state index in [2.05, 4.69) is 5.10 Å². The van der Waals surface area contributed by atoms with Gasteiger partial charge in [0.15, 0.2) is 5.60 Å². The summed E-state index contributed by atoms with van der Waals surface area (Å²) in [6, 6.07) is 2.02. The van der Waals surface area contributed by atoms with E-state index in [4.69, 9.17) is 10.5 Å². The van der Waals surface area contributed by atoms with Gasteiger partial charge in [0.1, 0.15) is 0 Å². The fourth-order valence-electron chi connectivity index (χ4n) is 2.67. The quantitative estimate of drug-likeness (QED) is 0.851. The lowest BCUT2D eigenvalue weighted by atomic mass is 10.0. The van der Waals surface area contributed by atoms with Crippen LogP contribution in [0.25, 0.3) is 0 Å². The van der Waals surface area contributed by atoms with Crippen LogP contribution in [-0.2, 0) is 20.9 Å². The standard InChI is InChI=1S/C15H24N4O3/c1-11-9-12(2)19(17-11)6-4-5-13(20)18-7-8-22-15(3,10-18)14(16)21/h9H,4-8,10H2,1-3H3,(H2,16,21)/t15-/m0/s1. The number of morpholine rings is 1. The number of carbonyl (C=O) groups is 2. The monoisotopic (exact) mass is 308 g/mol. The lowest BCUT2D eigenvalue weighted by molar-refractivity contribution is -0.160. The Bertz CT molecular complexity index is 569. The number of aryl methyl sites for hydroxylation is 3. The third kappa shape index (κ3) is 3.65. The Morgan fingerprint density at radius 2 is 2.18 bits per heavy atom. The molecular weight excluding hydrogens is 284 g/mol. The molecule has 7 nitrogen and oxygen atoms in total. The highest BCUT2D eigenvalue weighted by Crippen LogP contribution is 2.18. The summed E-state index contributed by atoms with van der Waals surface area (Å²) in [5, 5.41) is 4.38. The smallest absolute Gasteiger partial charge is 0.251 e. The Kier molecular flexibility index (Phi) is 4.85. The molecule has 22 heavy (non-hydrogen) atoms. The Morgan fingerprint density at radius 1 is 1.45 bits per heavy atom. The van der Waals surface area contributed by atoms with Crippen LogP contribution >= 0.6 is 0 Å². The molecule has 0 radical (unpaired) electrons. The summed E-state index contributed by atoms with van der Waals surface area (Å²) in [6.45, 7) is 7.36. The number of hydrogen-bond donors (Lipinski definition) is 1. The molecule has 1 saturated heterocycles. The predicted molar refractivity (Wildman–Crippen MR) is 81.1 cm³/mol. The van der Waals surface area contributed by atoms with Crippen LogP contribution in [0.2, 0.25) is 0 Å². The molecule has 1 atom stereocenters. The molecule has 2 rings (SSSR count). The number of amides is 2. The van der Waals surface area contributed by atoms with Gasteiger partial charge in [-0.25, -0.2) is 0 Å². The van der Waals surface area contributed by atoms with Crippen molar-refractivity contribution in [1.82, 2.24) is 14.7 Å². The first-order valence-electron chi connectivity index (χ1n) is 7.54. The highest BCUT2D eigenvalue weighted by Gasteiger charge is 2.38. The van der Waals surface area contributed by atoms with Crippen molar-refractivity contribution in [2.45, 2.75) is 45.8 Å². The molecular formula is C15H24N4O3. The van der Waals surface area contributed by atoms with Crippen LogP contribution in [0, 0.1) is 13.8 Å². The molecule has 1 fully saturated rings. The minimum Gasteiger partial charge on any atom is -0.367 e. The fraction of sp³-hybridized carbons (Fsp3) is 0.667. The van der Waals surface area contributed by atoms with E-state index < -0.39 is 11.5 Å². The van der Waals surface area contributed by atoms with Gasteiger partial charge < -0.3 is 15.4 Å². The van der Waals surface area contributed by atoms with Gasteiger partial charge in [-0.3, -0.25) is 14.3 Å². The molecule has 1 aliphatic heterocycles. The van der Waals surface area contributed by atoms with Crippen molar-refractivity contribution in [3.05, 3.63) is 17.5 Å². The van der Waals surface area contributed by atoms with Gasteiger partial charge in [-0.15, -0.1) is 0 Å². The Morgan fingerprint density at radius 3 is 2.77 bits per heavy atom. The van der Waals surface area contributed by atoms with Crippen molar-refractivity contribution in [1.29, 1.82) is 0 Å². The Hall–Kier alpha value is -1.89. The molecule has 7 heteroatoms. The number of nitrogens with two attached hydrogens (primary N) is 1. The van der Waals surface area contributed by atoms with Gasteiger partial charge in [-0.2, -0.15) is 5.10 Å². The van der Waals surface area contributed by atoms with Gasteiger partial charge in [-0.1, -0.05) is 0 Å². The summed E-state index contributed by atoms with van der Waals surface area (Å²) in [5.74, 6) is -0.509. The van der Waals surface area contributed by atoms with E-state index in [0.717, 1.165) is 11.4 Å². The van der Waals surface area contributed by atoms with Crippen molar-refractivity contribution in [3.8, 4) is 0 Å². The van der Waals surface area contributed by atoms with Crippen LogP contribution < -0.4 is 5.73 Å². The molecule has 0 bridgehead atoms. The van der Waals surface area contributed by atoms with Gasteiger partial charge in [0.2, 0.25) is 5.91 Å². The van der Waals surface area contributed by atoms with E-state index in [1.54, 1.807) is 11.8 Å². The summed E-state index contributed by atoms with van der Waals surface area (Å²) in [5.41, 5.74) is 6.34. The van der Waals surface area contributed by atoms with E-state index in [9.17, 15) is 9.59 Å². The molecule has 0 unspecified atom stereocenters. The second-order valence-electron chi connectivity index (χ2n) is 6.01. The first-order valence-corrected chi connectivity index (χ1v) is 7.54. The van der Waals surface area contributed by atoms with Crippen LogP contribution in [0.15, 0.2) is 6.07 Å². The normalized spacial score (nSPS) is 21.9. The summed E-state index contributed by atoms with van der Waals surface area (Å²) < 4.78 is 7.33. The fourth-order valence-corrected chi connectivity index (χ4v) is 2.67. The summed E-state index contributed by atoms with van der Waals surface area (Å²) in [6.07, 6.45) is 1.14. The topological polar surface area (TPSA) is 90.5 Å². The van der Waals surface area contributed by atoms with Gasteiger partial charge >= 0.3 is 0 Å². The van der Waals surface area contributed by atoms with Gasteiger partial charge in [0, 0.05) is 25.2 Å². The number of primary amides is 1. The largest absolute Gasteiger partial charge is 0.367 e. The van der Waals surface area contributed by atoms with Gasteiger partial charge in [0.25, 0.3) is 5.91 Å². The van der Waals surface area contributed by atoms with Crippen molar-refractivity contribution in [2.75, 3.05) is 19.7 Å². The molecule has 1 aromatic rings. The molecule has 1 aromatic heterocycles. The first-order chi connectivity index (χ1) is 10.3. The molecule has 2 N–H and O–H groups in total.